The van der Waals surface area contributed by atoms with E-state index in [1.54, 1.807) is 18.0 Å². The van der Waals surface area contributed by atoms with Gasteiger partial charge in [-0.25, -0.2) is 0 Å². The number of hydrogen-bond acceptors (Lipinski definition) is 5. The second kappa shape index (κ2) is 6.69. The zero-order valence-corrected chi connectivity index (χ0v) is 10.9. The summed E-state index contributed by atoms with van der Waals surface area (Å²) in [5.74, 6) is -0.131. The molecule has 1 aromatic carbocycles. The fourth-order valence-electron chi connectivity index (χ4n) is 1.67. The Kier molecular flexibility index (Phi) is 5.25. The Hall–Kier alpha value is -2.15. The van der Waals surface area contributed by atoms with Gasteiger partial charge in [0.2, 0.25) is 5.91 Å². The SMILES string of the molecule is CCNC(=O)CN(C)c1ccc([N+](=O)[O-])c(CO)c1. The lowest BCUT2D eigenvalue weighted by Gasteiger charge is -2.19. The maximum absolute atomic E-state index is 11.4. The van der Waals surface area contributed by atoms with Gasteiger partial charge in [0.25, 0.3) is 5.69 Å². The van der Waals surface area contributed by atoms with Crippen LogP contribution >= 0.6 is 0 Å². The number of carbonyl (C=O) groups excluding carboxylic acids is 1. The number of nitrogens with zero attached hydrogens (tertiary/aromatic N) is 2. The van der Waals surface area contributed by atoms with Crippen LogP contribution in [0, 0.1) is 10.1 Å². The molecule has 0 aromatic heterocycles. The Morgan fingerprint density at radius 1 is 1.53 bits per heavy atom. The van der Waals surface area contributed by atoms with Crippen LogP contribution in [0.4, 0.5) is 11.4 Å². The Bertz CT molecular complexity index is 476. The zero-order chi connectivity index (χ0) is 14.4. The molecule has 0 saturated carbocycles. The first kappa shape index (κ1) is 14.9. The molecule has 0 unspecified atom stereocenters. The van der Waals surface area contributed by atoms with Crippen LogP contribution in [0.15, 0.2) is 18.2 Å². The zero-order valence-electron chi connectivity index (χ0n) is 10.9. The fraction of sp³-hybridized carbons (Fsp3) is 0.417. The van der Waals surface area contributed by atoms with Crippen molar-refractivity contribution < 1.29 is 14.8 Å². The molecule has 0 radical (unpaired) electrons. The van der Waals surface area contributed by atoms with E-state index in [1.807, 2.05) is 6.92 Å². The van der Waals surface area contributed by atoms with Crippen LogP contribution < -0.4 is 10.2 Å². The maximum Gasteiger partial charge on any atom is 0.275 e. The molecule has 7 nitrogen and oxygen atoms in total. The third-order valence-electron chi connectivity index (χ3n) is 2.63. The van der Waals surface area contributed by atoms with Crippen molar-refractivity contribution in [3.8, 4) is 0 Å². The van der Waals surface area contributed by atoms with E-state index in [-0.39, 0.29) is 23.7 Å². The van der Waals surface area contributed by atoms with E-state index in [2.05, 4.69) is 5.32 Å². The third-order valence-corrected chi connectivity index (χ3v) is 2.63. The lowest BCUT2D eigenvalue weighted by Crippen LogP contribution is -2.34. The second-order valence-corrected chi connectivity index (χ2v) is 4.04. The van der Waals surface area contributed by atoms with Crippen molar-refractivity contribution in [1.29, 1.82) is 0 Å². The number of nitro groups is 1. The number of aliphatic hydroxyl groups excluding tert-OH is 1. The summed E-state index contributed by atoms with van der Waals surface area (Å²) in [5.41, 5.74) is 0.740. The van der Waals surface area contributed by atoms with Crippen molar-refractivity contribution in [2.45, 2.75) is 13.5 Å². The van der Waals surface area contributed by atoms with Crippen molar-refractivity contribution in [2.24, 2.45) is 0 Å². The van der Waals surface area contributed by atoms with Gasteiger partial charge < -0.3 is 15.3 Å². The smallest absolute Gasteiger partial charge is 0.275 e. The van der Waals surface area contributed by atoms with Crippen molar-refractivity contribution in [3.05, 3.63) is 33.9 Å². The molecule has 0 fully saturated rings. The highest BCUT2D eigenvalue weighted by Gasteiger charge is 2.15. The summed E-state index contributed by atoms with van der Waals surface area (Å²) in [7, 11) is 1.71. The lowest BCUT2D eigenvalue weighted by molar-refractivity contribution is -0.385. The number of aliphatic hydroxyl groups is 1. The standard InChI is InChI=1S/C12H17N3O4/c1-3-13-12(17)7-14(2)10-4-5-11(15(18)19)9(6-10)8-16/h4-6,16H,3,7-8H2,1-2H3,(H,13,17). The molecule has 0 aliphatic carbocycles. The van der Waals surface area contributed by atoms with E-state index in [4.69, 9.17) is 5.11 Å². The molecule has 0 aliphatic heterocycles. The summed E-state index contributed by atoms with van der Waals surface area (Å²) < 4.78 is 0. The summed E-state index contributed by atoms with van der Waals surface area (Å²) in [6, 6.07) is 4.39. The van der Waals surface area contributed by atoms with Crippen LogP contribution in [0.3, 0.4) is 0 Å². The largest absolute Gasteiger partial charge is 0.391 e. The quantitative estimate of drug-likeness (QED) is 0.583. The van der Waals surface area contributed by atoms with Gasteiger partial charge in [0.1, 0.15) is 0 Å². The Morgan fingerprint density at radius 3 is 2.74 bits per heavy atom. The second-order valence-electron chi connectivity index (χ2n) is 4.04. The number of anilines is 1. The van der Waals surface area contributed by atoms with Crippen molar-refractivity contribution in [2.75, 3.05) is 25.0 Å². The van der Waals surface area contributed by atoms with Crippen LogP contribution in [0.5, 0.6) is 0 Å². The van der Waals surface area contributed by atoms with Crippen molar-refractivity contribution in [1.82, 2.24) is 5.32 Å². The van der Waals surface area contributed by atoms with Gasteiger partial charge in [-0.3, -0.25) is 14.9 Å². The minimum atomic E-state index is -0.543. The third kappa shape index (κ3) is 3.92. The number of hydrogen-bond donors (Lipinski definition) is 2. The average molecular weight is 267 g/mol. The molecule has 1 rings (SSSR count). The van der Waals surface area contributed by atoms with E-state index < -0.39 is 11.5 Å². The van der Waals surface area contributed by atoms with Gasteiger partial charge in [-0.15, -0.1) is 0 Å². The summed E-state index contributed by atoms with van der Waals surface area (Å²) in [6.45, 7) is 2.11. The molecule has 0 bridgehead atoms. The molecule has 1 amide bonds. The van der Waals surface area contributed by atoms with Crippen LogP contribution in [0.25, 0.3) is 0 Å². The molecule has 0 aliphatic rings. The van der Waals surface area contributed by atoms with Crippen LogP contribution in [-0.2, 0) is 11.4 Å². The number of benzene rings is 1. The highest BCUT2D eigenvalue weighted by molar-refractivity contribution is 5.81. The van der Waals surface area contributed by atoms with Gasteiger partial charge in [0.15, 0.2) is 0 Å². The molecule has 0 heterocycles. The lowest BCUT2D eigenvalue weighted by atomic mass is 10.1. The molecule has 104 valence electrons. The van der Waals surface area contributed by atoms with E-state index in [0.29, 0.717) is 12.2 Å². The molecular weight excluding hydrogens is 250 g/mol. The molecule has 0 spiro atoms. The Labute approximate surface area is 111 Å². The Balaban J connectivity index is 2.89. The van der Waals surface area contributed by atoms with Gasteiger partial charge in [0.05, 0.1) is 23.6 Å². The van der Waals surface area contributed by atoms with Gasteiger partial charge in [-0.05, 0) is 19.1 Å². The first-order chi connectivity index (χ1) is 8.99. The topological polar surface area (TPSA) is 95.7 Å². The van der Waals surface area contributed by atoms with Gasteiger partial charge in [0, 0.05) is 25.3 Å². The monoisotopic (exact) mass is 267 g/mol. The number of amides is 1. The predicted octanol–water partition coefficient (Wildman–Crippen LogP) is 0.659. The van der Waals surface area contributed by atoms with Crippen LogP contribution in [-0.4, -0.2) is 36.1 Å². The summed E-state index contributed by atoms with van der Waals surface area (Å²) in [5, 5.41) is 22.5. The number of nitro benzene ring substituents is 1. The minimum Gasteiger partial charge on any atom is -0.391 e. The number of likely N-dealkylation sites (N-methyl/N-ethyl adjacent to an activating group) is 2. The summed E-state index contributed by atoms with van der Waals surface area (Å²) in [4.78, 5) is 23.3. The predicted molar refractivity (Wildman–Crippen MR) is 71.0 cm³/mol. The van der Waals surface area contributed by atoms with Gasteiger partial charge in [-0.2, -0.15) is 0 Å². The fourth-order valence-corrected chi connectivity index (χ4v) is 1.67. The Morgan fingerprint density at radius 2 is 2.21 bits per heavy atom. The first-order valence-corrected chi connectivity index (χ1v) is 5.85. The number of nitrogens with one attached hydrogen (secondary N) is 1. The number of rotatable bonds is 6. The molecule has 1 aromatic rings. The number of carbonyl (C=O) groups is 1. The molecular formula is C12H17N3O4. The van der Waals surface area contributed by atoms with Gasteiger partial charge >= 0.3 is 0 Å². The van der Waals surface area contributed by atoms with E-state index in [9.17, 15) is 14.9 Å². The highest BCUT2D eigenvalue weighted by atomic mass is 16.6. The first-order valence-electron chi connectivity index (χ1n) is 5.85. The summed E-state index contributed by atoms with van der Waals surface area (Å²) in [6.07, 6.45) is 0. The van der Waals surface area contributed by atoms with E-state index >= 15 is 0 Å². The molecule has 2 N–H and O–H groups in total. The average Bonchev–Trinajstić information content (AvgIpc) is 2.37. The van der Waals surface area contributed by atoms with E-state index in [0.717, 1.165) is 0 Å². The van der Waals surface area contributed by atoms with Crippen molar-refractivity contribution in [3.63, 3.8) is 0 Å². The summed E-state index contributed by atoms with van der Waals surface area (Å²) >= 11 is 0. The molecule has 19 heavy (non-hydrogen) atoms. The molecule has 7 heteroatoms. The van der Waals surface area contributed by atoms with Gasteiger partial charge in [-0.1, -0.05) is 0 Å². The van der Waals surface area contributed by atoms with Crippen molar-refractivity contribution >= 4 is 17.3 Å². The highest BCUT2D eigenvalue weighted by Crippen LogP contribution is 2.24. The van der Waals surface area contributed by atoms with Crippen LogP contribution in [0.2, 0.25) is 0 Å². The minimum absolute atomic E-state index is 0.127. The molecule has 0 saturated heterocycles. The van der Waals surface area contributed by atoms with E-state index in [1.165, 1.54) is 12.1 Å². The normalized spacial score (nSPS) is 10.1. The molecule has 0 atom stereocenters. The van der Waals surface area contributed by atoms with Crippen LogP contribution in [0.1, 0.15) is 12.5 Å². The maximum atomic E-state index is 11.4.